The molecule has 2 aliphatic rings. The topological polar surface area (TPSA) is 88.5 Å². The van der Waals surface area contributed by atoms with Crippen LogP contribution in [0.3, 0.4) is 0 Å². The molecule has 0 heterocycles. The number of Topliss-reactive ketones (excluding diaryl/α,β-unsaturated/α-hetero) is 2. The van der Waals surface area contributed by atoms with E-state index in [0.717, 1.165) is 13.3 Å². The van der Waals surface area contributed by atoms with Crippen LogP contribution in [0.2, 0.25) is 0 Å². The highest BCUT2D eigenvalue weighted by molar-refractivity contribution is 7.88. The summed E-state index contributed by atoms with van der Waals surface area (Å²) in [6.07, 6.45) is 3.31. The molecule has 0 saturated heterocycles. The van der Waals surface area contributed by atoms with Crippen LogP contribution in [0, 0.1) is 5.92 Å². The highest BCUT2D eigenvalue weighted by atomic mass is 32.2. The Bertz CT molecular complexity index is 516. The van der Waals surface area contributed by atoms with Gasteiger partial charge in [-0.1, -0.05) is 6.08 Å². The third-order valence-corrected chi connectivity index (χ3v) is 5.12. The van der Waals surface area contributed by atoms with E-state index in [0.29, 0.717) is 12.8 Å². The summed E-state index contributed by atoms with van der Waals surface area (Å²) in [4.78, 5) is 24.0. The first-order valence-corrected chi connectivity index (χ1v) is 6.96. The second-order valence-corrected chi connectivity index (χ2v) is 6.67. The SMILES string of the molecule is CC1(S(=O)(=O)O)CC(=O)C2CCCC=C2C1=O. The van der Waals surface area contributed by atoms with Gasteiger partial charge in [-0.05, 0) is 26.2 Å². The molecule has 2 unspecified atom stereocenters. The Labute approximate surface area is 99.6 Å². The second-order valence-electron chi connectivity index (χ2n) is 4.82. The lowest BCUT2D eigenvalue weighted by Crippen LogP contribution is -2.52. The van der Waals surface area contributed by atoms with Crippen LogP contribution < -0.4 is 0 Å². The number of carbonyl (C=O) groups excluding carboxylic acids is 2. The van der Waals surface area contributed by atoms with Gasteiger partial charge in [0.1, 0.15) is 5.78 Å². The van der Waals surface area contributed by atoms with E-state index in [9.17, 15) is 18.0 Å². The lowest BCUT2D eigenvalue weighted by molar-refractivity contribution is -0.131. The Kier molecular flexibility index (Phi) is 2.74. The normalized spacial score (nSPS) is 34.2. The maximum Gasteiger partial charge on any atom is 0.278 e. The lowest BCUT2D eigenvalue weighted by atomic mass is 9.72. The molecular weight excluding hydrogens is 244 g/mol. The van der Waals surface area contributed by atoms with E-state index in [-0.39, 0.29) is 11.4 Å². The van der Waals surface area contributed by atoms with Crippen LogP contribution in [-0.2, 0) is 19.7 Å². The first-order valence-electron chi connectivity index (χ1n) is 5.52. The van der Waals surface area contributed by atoms with Gasteiger partial charge in [0.15, 0.2) is 10.5 Å². The summed E-state index contributed by atoms with van der Waals surface area (Å²) in [5, 5.41) is 0. The fraction of sp³-hybridized carbons (Fsp3) is 0.636. The van der Waals surface area contributed by atoms with Crippen LogP contribution in [0.4, 0.5) is 0 Å². The van der Waals surface area contributed by atoms with Crippen molar-refractivity contribution in [3.8, 4) is 0 Å². The van der Waals surface area contributed by atoms with E-state index in [1.165, 1.54) is 0 Å². The van der Waals surface area contributed by atoms with Gasteiger partial charge >= 0.3 is 0 Å². The smallest absolute Gasteiger partial charge is 0.278 e. The number of allylic oxidation sites excluding steroid dienone is 2. The molecule has 1 N–H and O–H groups in total. The molecular formula is C11H14O5S. The fourth-order valence-electron chi connectivity index (χ4n) is 2.51. The van der Waals surface area contributed by atoms with Crippen LogP contribution in [-0.4, -0.2) is 29.3 Å². The van der Waals surface area contributed by atoms with Crippen LogP contribution >= 0.6 is 0 Å². The molecule has 0 aromatic carbocycles. The third-order valence-electron chi connectivity index (χ3n) is 3.65. The zero-order valence-corrected chi connectivity index (χ0v) is 10.3. The summed E-state index contributed by atoms with van der Waals surface area (Å²) >= 11 is 0. The van der Waals surface area contributed by atoms with E-state index in [2.05, 4.69) is 0 Å². The van der Waals surface area contributed by atoms with Gasteiger partial charge in [-0.2, -0.15) is 8.42 Å². The van der Waals surface area contributed by atoms with Crippen molar-refractivity contribution in [3.05, 3.63) is 11.6 Å². The highest BCUT2D eigenvalue weighted by Gasteiger charge is 2.54. The highest BCUT2D eigenvalue weighted by Crippen LogP contribution is 2.39. The predicted octanol–water partition coefficient (Wildman–Crippen LogP) is 0.901. The molecule has 2 rings (SSSR count). The molecule has 0 amide bonds. The minimum Gasteiger partial charge on any atom is -0.299 e. The van der Waals surface area contributed by atoms with Gasteiger partial charge in [0.05, 0.1) is 0 Å². The molecule has 0 aliphatic heterocycles. The van der Waals surface area contributed by atoms with Gasteiger partial charge < -0.3 is 0 Å². The first kappa shape index (κ1) is 12.4. The lowest BCUT2D eigenvalue weighted by Gasteiger charge is -2.35. The van der Waals surface area contributed by atoms with E-state index in [4.69, 9.17) is 4.55 Å². The van der Waals surface area contributed by atoms with E-state index >= 15 is 0 Å². The molecule has 2 aliphatic carbocycles. The van der Waals surface area contributed by atoms with Crippen molar-refractivity contribution in [2.45, 2.75) is 37.4 Å². The van der Waals surface area contributed by atoms with Gasteiger partial charge in [-0.3, -0.25) is 14.1 Å². The third kappa shape index (κ3) is 1.75. The number of hydrogen-bond donors (Lipinski definition) is 1. The maximum absolute atomic E-state index is 12.1. The number of rotatable bonds is 1. The van der Waals surface area contributed by atoms with Crippen molar-refractivity contribution in [1.29, 1.82) is 0 Å². The van der Waals surface area contributed by atoms with Crippen LogP contribution in [0.25, 0.3) is 0 Å². The molecule has 0 radical (unpaired) electrons. The summed E-state index contributed by atoms with van der Waals surface area (Å²) in [6, 6.07) is 0. The molecule has 5 nitrogen and oxygen atoms in total. The van der Waals surface area contributed by atoms with Gasteiger partial charge in [-0.25, -0.2) is 0 Å². The summed E-state index contributed by atoms with van der Waals surface area (Å²) in [7, 11) is -4.57. The minimum absolute atomic E-state index is 0.268. The Morgan fingerprint density at radius 3 is 2.65 bits per heavy atom. The number of ketones is 2. The molecule has 0 aromatic rings. The molecule has 94 valence electrons. The molecule has 0 bridgehead atoms. The molecule has 1 fully saturated rings. The van der Waals surface area contributed by atoms with E-state index < -0.39 is 33.0 Å². The second kappa shape index (κ2) is 3.74. The summed E-state index contributed by atoms with van der Waals surface area (Å²) in [6.45, 7) is 1.12. The monoisotopic (exact) mass is 258 g/mol. The van der Waals surface area contributed by atoms with E-state index in [1.807, 2.05) is 0 Å². The average Bonchev–Trinajstić information content (AvgIpc) is 2.25. The predicted molar refractivity (Wildman–Crippen MR) is 60.0 cm³/mol. The largest absolute Gasteiger partial charge is 0.299 e. The van der Waals surface area contributed by atoms with Gasteiger partial charge in [0.2, 0.25) is 0 Å². The summed E-state index contributed by atoms with van der Waals surface area (Å²) in [5.41, 5.74) is 0.271. The molecule has 2 atom stereocenters. The van der Waals surface area contributed by atoms with E-state index in [1.54, 1.807) is 6.08 Å². The molecule has 0 aromatic heterocycles. The Morgan fingerprint density at radius 2 is 2.06 bits per heavy atom. The standard InChI is InChI=1S/C11H14O5S/c1-11(17(14,15)16)6-9(12)7-4-2-3-5-8(7)10(11)13/h5,7H,2-4,6H2,1H3,(H,14,15,16). The number of fused-ring (bicyclic) bond motifs is 1. The van der Waals surface area contributed by atoms with Crippen molar-refractivity contribution in [2.24, 2.45) is 5.92 Å². The van der Waals surface area contributed by atoms with Crippen molar-refractivity contribution in [3.63, 3.8) is 0 Å². The molecule has 6 heteroatoms. The first-order chi connectivity index (χ1) is 7.77. The summed E-state index contributed by atoms with van der Waals surface area (Å²) < 4.78 is 29.7. The van der Waals surface area contributed by atoms with Crippen LogP contribution in [0.1, 0.15) is 32.6 Å². The van der Waals surface area contributed by atoms with Crippen LogP contribution in [0.5, 0.6) is 0 Å². The van der Waals surface area contributed by atoms with Gasteiger partial charge in [0.25, 0.3) is 10.1 Å². The van der Waals surface area contributed by atoms with Crippen molar-refractivity contribution in [2.75, 3.05) is 0 Å². The Morgan fingerprint density at radius 1 is 1.41 bits per heavy atom. The van der Waals surface area contributed by atoms with Crippen LogP contribution in [0.15, 0.2) is 11.6 Å². The molecule has 0 spiro atoms. The Balaban J connectivity index is 2.52. The maximum atomic E-state index is 12.1. The zero-order valence-electron chi connectivity index (χ0n) is 9.47. The quantitative estimate of drug-likeness (QED) is 0.706. The number of carbonyl (C=O) groups is 2. The minimum atomic E-state index is -4.57. The van der Waals surface area contributed by atoms with Crippen molar-refractivity contribution in [1.82, 2.24) is 0 Å². The fourth-order valence-corrected chi connectivity index (χ4v) is 3.19. The van der Waals surface area contributed by atoms with Crippen molar-refractivity contribution >= 4 is 21.7 Å². The summed E-state index contributed by atoms with van der Waals surface area (Å²) in [5.74, 6) is -1.36. The zero-order chi connectivity index (χ0) is 12.8. The molecule has 1 saturated carbocycles. The average molecular weight is 258 g/mol. The number of hydrogen-bond acceptors (Lipinski definition) is 4. The van der Waals surface area contributed by atoms with Crippen molar-refractivity contribution < 1.29 is 22.6 Å². The molecule has 17 heavy (non-hydrogen) atoms. The Hall–Kier alpha value is -1.01. The van der Waals surface area contributed by atoms with Gasteiger partial charge in [0, 0.05) is 17.9 Å². The van der Waals surface area contributed by atoms with Gasteiger partial charge in [-0.15, -0.1) is 0 Å².